The van der Waals surface area contributed by atoms with E-state index in [-0.39, 0.29) is 17.1 Å². The van der Waals surface area contributed by atoms with Gasteiger partial charge in [0.05, 0.1) is 6.61 Å². The zero-order valence-corrected chi connectivity index (χ0v) is 14.5. The molecule has 124 valence electrons. The molecule has 0 unspecified atom stereocenters. The van der Waals surface area contributed by atoms with Gasteiger partial charge in [-0.15, -0.1) is 0 Å². The fraction of sp³-hybridized carbons (Fsp3) is 0.650. The van der Waals surface area contributed by atoms with Crippen LogP contribution in [0, 0.1) is 18.3 Å². The third-order valence-electron chi connectivity index (χ3n) is 7.13. The molecule has 23 heavy (non-hydrogen) atoms. The molecule has 4 aliphatic rings. The van der Waals surface area contributed by atoms with Gasteiger partial charge < -0.3 is 9.84 Å². The van der Waals surface area contributed by atoms with E-state index in [1.54, 1.807) is 0 Å². The Hall–Kier alpha value is -1.19. The van der Waals surface area contributed by atoms with Crippen LogP contribution >= 0.6 is 0 Å². The lowest BCUT2D eigenvalue weighted by Gasteiger charge is -2.65. The van der Waals surface area contributed by atoms with Gasteiger partial charge in [0.1, 0.15) is 0 Å². The highest BCUT2D eigenvalue weighted by Gasteiger charge is 2.67. The highest BCUT2D eigenvalue weighted by atomic mass is 16.6. The van der Waals surface area contributed by atoms with Crippen LogP contribution in [-0.2, 0) is 16.6 Å². The SMILES string of the molecule is CCc1c(C)ccc2c1C(=O)C[C@H]1C(C)(C)[C@]3(O)CC[C@]21CO3. The number of aliphatic hydroxyl groups is 1. The van der Waals surface area contributed by atoms with Crippen LogP contribution in [0.25, 0.3) is 0 Å². The molecule has 3 nitrogen and oxygen atoms in total. The summed E-state index contributed by atoms with van der Waals surface area (Å²) in [6, 6.07) is 4.31. The quantitative estimate of drug-likeness (QED) is 0.862. The first-order valence-electron chi connectivity index (χ1n) is 8.79. The minimum absolute atomic E-state index is 0.116. The minimum Gasteiger partial charge on any atom is -0.365 e. The fourth-order valence-electron chi connectivity index (χ4n) is 5.61. The average molecular weight is 314 g/mol. The van der Waals surface area contributed by atoms with Crippen LogP contribution in [0.5, 0.6) is 0 Å². The Balaban J connectivity index is 1.98. The fourth-order valence-corrected chi connectivity index (χ4v) is 5.61. The van der Waals surface area contributed by atoms with Gasteiger partial charge in [0.15, 0.2) is 11.6 Å². The molecule has 1 saturated carbocycles. The molecule has 2 saturated heterocycles. The molecule has 1 spiro atoms. The summed E-state index contributed by atoms with van der Waals surface area (Å²) in [5, 5.41) is 10.9. The summed E-state index contributed by atoms with van der Waals surface area (Å²) in [6.07, 6.45) is 2.97. The Morgan fingerprint density at radius 3 is 2.65 bits per heavy atom. The lowest BCUT2D eigenvalue weighted by molar-refractivity contribution is -0.354. The Morgan fingerprint density at radius 1 is 1.30 bits per heavy atom. The normalized spacial score (nSPS) is 37.4. The highest BCUT2D eigenvalue weighted by Crippen LogP contribution is 2.64. The van der Waals surface area contributed by atoms with Gasteiger partial charge in [0.2, 0.25) is 0 Å². The van der Waals surface area contributed by atoms with Crippen LogP contribution in [0.1, 0.15) is 67.1 Å². The summed E-state index contributed by atoms with van der Waals surface area (Å²) < 4.78 is 5.98. The number of rotatable bonds is 1. The van der Waals surface area contributed by atoms with Crippen LogP contribution in [0.4, 0.5) is 0 Å². The van der Waals surface area contributed by atoms with Crippen LogP contribution < -0.4 is 0 Å². The first-order chi connectivity index (χ1) is 10.8. The Bertz CT molecular complexity index is 693. The number of aryl methyl sites for hydroxylation is 1. The highest BCUT2D eigenvalue weighted by molar-refractivity contribution is 6.01. The third-order valence-corrected chi connectivity index (χ3v) is 7.13. The monoisotopic (exact) mass is 314 g/mol. The number of benzene rings is 1. The van der Waals surface area contributed by atoms with Gasteiger partial charge in [-0.1, -0.05) is 32.9 Å². The van der Waals surface area contributed by atoms with Crippen molar-refractivity contribution in [1.29, 1.82) is 0 Å². The van der Waals surface area contributed by atoms with Crippen molar-refractivity contribution in [2.75, 3.05) is 6.61 Å². The predicted molar refractivity (Wildman–Crippen MR) is 88.6 cm³/mol. The summed E-state index contributed by atoms with van der Waals surface area (Å²) in [4.78, 5) is 13.0. The van der Waals surface area contributed by atoms with Gasteiger partial charge >= 0.3 is 0 Å². The second-order valence-electron chi connectivity index (χ2n) is 8.27. The van der Waals surface area contributed by atoms with E-state index in [0.29, 0.717) is 19.4 Å². The van der Waals surface area contributed by atoms with Gasteiger partial charge in [-0.2, -0.15) is 0 Å². The molecule has 0 radical (unpaired) electrons. The van der Waals surface area contributed by atoms with Gasteiger partial charge in [0, 0.05) is 29.2 Å². The lowest BCUT2D eigenvalue weighted by Crippen LogP contribution is -2.69. The molecular formula is C20H26O3. The third kappa shape index (κ3) is 1.65. The Labute approximate surface area is 138 Å². The van der Waals surface area contributed by atoms with Crippen molar-refractivity contribution in [3.05, 3.63) is 34.4 Å². The van der Waals surface area contributed by atoms with E-state index in [9.17, 15) is 9.90 Å². The van der Waals surface area contributed by atoms with Crippen molar-refractivity contribution in [3.63, 3.8) is 0 Å². The van der Waals surface area contributed by atoms with E-state index in [1.807, 2.05) is 0 Å². The van der Waals surface area contributed by atoms with Crippen molar-refractivity contribution >= 4 is 5.78 Å². The van der Waals surface area contributed by atoms with Gasteiger partial charge in [-0.05, 0) is 42.4 Å². The maximum Gasteiger partial charge on any atom is 0.170 e. The molecule has 1 N–H and O–H groups in total. The second kappa shape index (κ2) is 4.46. The zero-order valence-electron chi connectivity index (χ0n) is 14.5. The minimum atomic E-state index is -1.09. The molecule has 2 bridgehead atoms. The number of carbonyl (C=O) groups excluding carboxylic acids is 1. The number of carbonyl (C=O) groups is 1. The van der Waals surface area contributed by atoms with Crippen molar-refractivity contribution in [2.45, 2.75) is 64.6 Å². The molecule has 3 fully saturated rings. The van der Waals surface area contributed by atoms with Crippen LogP contribution in [0.3, 0.4) is 0 Å². The van der Waals surface area contributed by atoms with E-state index in [4.69, 9.17) is 4.74 Å². The second-order valence-corrected chi connectivity index (χ2v) is 8.27. The lowest BCUT2D eigenvalue weighted by atomic mass is 9.46. The zero-order chi connectivity index (χ0) is 16.6. The first-order valence-corrected chi connectivity index (χ1v) is 8.79. The molecule has 0 amide bonds. The molecule has 5 rings (SSSR count). The van der Waals surface area contributed by atoms with Gasteiger partial charge in [0.25, 0.3) is 0 Å². The topological polar surface area (TPSA) is 46.5 Å². The molecule has 3 heteroatoms. The van der Waals surface area contributed by atoms with E-state index < -0.39 is 11.2 Å². The summed E-state index contributed by atoms with van der Waals surface area (Å²) >= 11 is 0. The summed E-state index contributed by atoms with van der Waals surface area (Å²) in [6.45, 7) is 8.89. The van der Waals surface area contributed by atoms with E-state index >= 15 is 0 Å². The van der Waals surface area contributed by atoms with Gasteiger partial charge in [-0.25, -0.2) is 0 Å². The molecule has 2 heterocycles. The van der Waals surface area contributed by atoms with Crippen molar-refractivity contribution in [1.82, 2.24) is 0 Å². The van der Waals surface area contributed by atoms with Crippen LogP contribution in [0.15, 0.2) is 12.1 Å². The maximum absolute atomic E-state index is 13.0. The van der Waals surface area contributed by atoms with Crippen LogP contribution in [-0.4, -0.2) is 23.3 Å². The summed E-state index contributed by atoms with van der Waals surface area (Å²) in [5.41, 5.74) is 4.01. The molecule has 3 atom stereocenters. The number of ether oxygens (including phenoxy) is 1. The van der Waals surface area contributed by atoms with Crippen LogP contribution in [0.2, 0.25) is 0 Å². The number of hydrogen-bond acceptors (Lipinski definition) is 3. The molecule has 2 aliphatic carbocycles. The molecular weight excluding hydrogens is 288 g/mol. The maximum atomic E-state index is 13.0. The number of fused-ring (bicyclic) bond motifs is 3. The summed E-state index contributed by atoms with van der Waals surface area (Å²) in [7, 11) is 0. The first kappa shape index (κ1) is 15.3. The molecule has 0 aromatic heterocycles. The molecule has 2 aliphatic heterocycles. The average Bonchev–Trinajstić information content (AvgIpc) is 2.51. The number of ketones is 1. The molecule has 1 aromatic carbocycles. The Morgan fingerprint density at radius 2 is 2.04 bits per heavy atom. The largest absolute Gasteiger partial charge is 0.365 e. The number of hydrogen-bond donors (Lipinski definition) is 1. The Kier molecular flexibility index (Phi) is 2.97. The van der Waals surface area contributed by atoms with E-state index in [1.165, 1.54) is 16.7 Å². The smallest absolute Gasteiger partial charge is 0.170 e. The van der Waals surface area contributed by atoms with Crippen molar-refractivity contribution in [3.8, 4) is 0 Å². The standard InChI is InChI=1S/C20H26O3/c1-5-13-12(2)6-7-14-17(13)15(21)10-16-18(3,4)20(22)9-8-19(14,16)11-23-20/h6-7,16,22H,5,8-11H2,1-4H3/t16-,19-,20-/m0/s1. The van der Waals surface area contributed by atoms with Crippen molar-refractivity contribution < 1.29 is 14.6 Å². The number of Topliss-reactive ketones (excluding diaryl/α,β-unsaturated/α-hetero) is 1. The predicted octanol–water partition coefficient (Wildman–Crippen LogP) is 3.54. The van der Waals surface area contributed by atoms with Crippen molar-refractivity contribution in [2.24, 2.45) is 11.3 Å². The van der Waals surface area contributed by atoms with Gasteiger partial charge in [-0.3, -0.25) is 4.79 Å². The van der Waals surface area contributed by atoms with E-state index in [2.05, 4.69) is 39.8 Å². The summed E-state index contributed by atoms with van der Waals surface area (Å²) in [5.74, 6) is -0.689. The molecule has 1 aromatic rings. The van der Waals surface area contributed by atoms with E-state index in [0.717, 1.165) is 18.4 Å².